The van der Waals surface area contributed by atoms with Gasteiger partial charge in [0.1, 0.15) is 5.54 Å². The van der Waals surface area contributed by atoms with E-state index in [1.54, 1.807) is 0 Å². The van der Waals surface area contributed by atoms with E-state index in [1.807, 2.05) is 32.0 Å². The minimum atomic E-state index is -0.781. The third-order valence-electron chi connectivity index (χ3n) is 4.10. The van der Waals surface area contributed by atoms with Crippen LogP contribution in [0, 0.1) is 25.2 Å². The fraction of sp³-hybridized carbons (Fsp3) is 0.500. The van der Waals surface area contributed by atoms with Crippen LogP contribution < -0.4 is 5.32 Å². The number of hydrogen-bond donors (Lipinski definition) is 1. The molecule has 0 spiro atoms. The summed E-state index contributed by atoms with van der Waals surface area (Å²) in [5, 5.41) is 11.9. The van der Waals surface area contributed by atoms with E-state index in [1.165, 1.54) is 11.8 Å². The zero-order chi connectivity index (χ0) is 17.6. The molecule has 128 valence electrons. The van der Waals surface area contributed by atoms with Crippen molar-refractivity contribution in [1.82, 2.24) is 5.32 Å². The number of esters is 1. The number of amides is 1. The summed E-state index contributed by atoms with van der Waals surface area (Å²) >= 11 is 1.40. The number of nitrogens with zero attached hydrogens (tertiary/aromatic N) is 1. The number of nitrogens with one attached hydrogen (secondary N) is 1. The molecule has 24 heavy (non-hydrogen) atoms. The van der Waals surface area contributed by atoms with Crippen LogP contribution in [0.5, 0.6) is 0 Å². The Bertz CT molecular complexity index is 661. The van der Waals surface area contributed by atoms with Gasteiger partial charge < -0.3 is 10.1 Å². The highest BCUT2D eigenvalue weighted by atomic mass is 32.2. The molecule has 0 bridgehead atoms. The zero-order valence-corrected chi connectivity index (χ0v) is 14.9. The summed E-state index contributed by atoms with van der Waals surface area (Å²) in [7, 11) is 0. The lowest BCUT2D eigenvalue weighted by Crippen LogP contribution is -2.46. The number of carbonyl (C=O) groups is 2. The maximum Gasteiger partial charge on any atom is 0.316 e. The maximum absolute atomic E-state index is 11.9. The molecule has 0 aromatic heterocycles. The molecule has 2 rings (SSSR count). The molecule has 1 aliphatic rings. The topological polar surface area (TPSA) is 79.2 Å². The molecule has 6 heteroatoms. The molecular weight excluding hydrogens is 324 g/mol. The molecule has 1 saturated carbocycles. The fourth-order valence-electron chi connectivity index (χ4n) is 2.73. The minimum absolute atomic E-state index is 0.154. The summed E-state index contributed by atoms with van der Waals surface area (Å²) in [4.78, 5) is 24.7. The van der Waals surface area contributed by atoms with Gasteiger partial charge in [0, 0.05) is 4.90 Å². The Morgan fingerprint density at radius 2 is 2.04 bits per heavy atom. The Balaban J connectivity index is 1.76. The van der Waals surface area contributed by atoms with Crippen LogP contribution in [-0.2, 0) is 14.3 Å². The van der Waals surface area contributed by atoms with Crippen LogP contribution in [0.1, 0.15) is 36.8 Å². The first-order chi connectivity index (χ1) is 11.4. The van der Waals surface area contributed by atoms with Gasteiger partial charge in [-0.1, -0.05) is 17.7 Å². The van der Waals surface area contributed by atoms with Crippen molar-refractivity contribution in [2.24, 2.45) is 0 Å². The number of nitriles is 1. The number of benzene rings is 1. The lowest BCUT2D eigenvalue weighted by molar-refractivity contribution is -0.146. The number of hydrogen-bond acceptors (Lipinski definition) is 5. The summed E-state index contributed by atoms with van der Waals surface area (Å²) in [5.41, 5.74) is 1.46. The average Bonchev–Trinajstić information content (AvgIpc) is 3.02. The highest BCUT2D eigenvalue weighted by molar-refractivity contribution is 8.00. The molecule has 0 aliphatic heterocycles. The van der Waals surface area contributed by atoms with Gasteiger partial charge >= 0.3 is 5.97 Å². The van der Waals surface area contributed by atoms with Gasteiger partial charge in [0.2, 0.25) is 0 Å². The van der Waals surface area contributed by atoms with Gasteiger partial charge in [0.05, 0.1) is 11.8 Å². The smallest absolute Gasteiger partial charge is 0.316 e. The molecule has 5 nitrogen and oxygen atoms in total. The largest absolute Gasteiger partial charge is 0.455 e. The molecule has 0 atom stereocenters. The van der Waals surface area contributed by atoms with Crippen LogP contribution in [0.2, 0.25) is 0 Å². The number of thioether (sulfide) groups is 1. The standard InChI is InChI=1S/C18H22N2O3S/c1-13-5-6-14(2)15(9-13)24-11-17(22)23-10-16(21)20-18(12-19)7-3-4-8-18/h5-6,9H,3-4,7-8,10-11H2,1-2H3,(H,20,21). The van der Waals surface area contributed by atoms with Crippen molar-refractivity contribution in [3.05, 3.63) is 29.3 Å². The van der Waals surface area contributed by atoms with Crippen molar-refractivity contribution >= 4 is 23.6 Å². The fourth-order valence-corrected chi connectivity index (χ4v) is 3.66. The van der Waals surface area contributed by atoms with Crippen LogP contribution in [0.3, 0.4) is 0 Å². The number of ether oxygens (including phenoxy) is 1. The van der Waals surface area contributed by atoms with E-state index in [0.29, 0.717) is 12.8 Å². The SMILES string of the molecule is Cc1ccc(C)c(SCC(=O)OCC(=O)NC2(C#N)CCCC2)c1. The van der Waals surface area contributed by atoms with Crippen molar-refractivity contribution in [2.45, 2.75) is 50.0 Å². The second-order valence-electron chi connectivity index (χ2n) is 6.17. The highest BCUT2D eigenvalue weighted by Gasteiger charge is 2.35. The summed E-state index contributed by atoms with van der Waals surface area (Å²) in [5.74, 6) is -0.696. The first-order valence-electron chi connectivity index (χ1n) is 8.02. The quantitative estimate of drug-likeness (QED) is 0.633. The molecule has 1 amide bonds. The monoisotopic (exact) mass is 346 g/mol. The Morgan fingerprint density at radius 1 is 1.33 bits per heavy atom. The predicted octanol–water partition coefficient (Wildman–Crippen LogP) is 2.89. The predicted molar refractivity (Wildman–Crippen MR) is 92.6 cm³/mol. The zero-order valence-electron chi connectivity index (χ0n) is 14.1. The van der Waals surface area contributed by atoms with E-state index in [0.717, 1.165) is 28.9 Å². The van der Waals surface area contributed by atoms with E-state index >= 15 is 0 Å². The van der Waals surface area contributed by atoms with Crippen molar-refractivity contribution in [3.8, 4) is 6.07 Å². The summed E-state index contributed by atoms with van der Waals surface area (Å²) in [6.07, 6.45) is 3.18. The van der Waals surface area contributed by atoms with Gasteiger partial charge in [-0.25, -0.2) is 0 Å². The third kappa shape index (κ3) is 5.00. The second-order valence-corrected chi connectivity index (χ2v) is 7.18. The Kier molecular flexibility index (Phi) is 6.27. The Hall–Kier alpha value is -2.00. The molecule has 0 unspecified atom stereocenters. The van der Waals surface area contributed by atoms with Crippen LogP contribution in [0.25, 0.3) is 0 Å². The van der Waals surface area contributed by atoms with Crippen molar-refractivity contribution in [1.29, 1.82) is 5.26 Å². The average molecular weight is 346 g/mol. The number of rotatable bonds is 6. The van der Waals surface area contributed by atoms with Gasteiger partial charge in [-0.3, -0.25) is 9.59 Å². The van der Waals surface area contributed by atoms with Crippen molar-refractivity contribution in [2.75, 3.05) is 12.4 Å². The van der Waals surface area contributed by atoms with Gasteiger partial charge in [0.15, 0.2) is 6.61 Å². The molecule has 1 aromatic carbocycles. The summed E-state index contributed by atoms with van der Waals surface area (Å²) in [6.45, 7) is 3.65. The van der Waals surface area contributed by atoms with Gasteiger partial charge in [0.25, 0.3) is 5.91 Å². The molecule has 1 N–H and O–H groups in total. The van der Waals surface area contributed by atoms with Crippen LogP contribution >= 0.6 is 11.8 Å². The highest BCUT2D eigenvalue weighted by Crippen LogP contribution is 2.28. The Labute approximate surface area is 146 Å². The minimum Gasteiger partial charge on any atom is -0.455 e. The molecule has 0 saturated heterocycles. The first kappa shape index (κ1) is 18.3. The number of aryl methyl sites for hydroxylation is 2. The van der Waals surface area contributed by atoms with Crippen LogP contribution in [0.4, 0.5) is 0 Å². The lowest BCUT2D eigenvalue weighted by atomic mass is 10.00. The molecule has 1 fully saturated rings. The van der Waals surface area contributed by atoms with Crippen molar-refractivity contribution in [3.63, 3.8) is 0 Å². The Morgan fingerprint density at radius 3 is 2.71 bits per heavy atom. The normalized spacial score (nSPS) is 15.5. The lowest BCUT2D eigenvalue weighted by Gasteiger charge is -2.21. The first-order valence-corrected chi connectivity index (χ1v) is 9.01. The van der Waals surface area contributed by atoms with E-state index < -0.39 is 17.4 Å². The van der Waals surface area contributed by atoms with Crippen molar-refractivity contribution < 1.29 is 14.3 Å². The van der Waals surface area contributed by atoms with Crippen LogP contribution in [0.15, 0.2) is 23.1 Å². The van der Waals surface area contributed by atoms with Gasteiger partial charge in [-0.2, -0.15) is 5.26 Å². The molecule has 1 aromatic rings. The second kappa shape index (κ2) is 8.20. The summed E-state index contributed by atoms with van der Waals surface area (Å²) in [6, 6.07) is 8.24. The number of carbonyl (C=O) groups excluding carboxylic acids is 2. The third-order valence-corrected chi connectivity index (χ3v) is 5.23. The van der Waals surface area contributed by atoms with E-state index in [2.05, 4.69) is 11.4 Å². The van der Waals surface area contributed by atoms with Gasteiger partial charge in [-0.05, 0) is 51.2 Å². The van der Waals surface area contributed by atoms with E-state index in [-0.39, 0.29) is 12.4 Å². The molecular formula is C18H22N2O3S. The molecule has 0 heterocycles. The summed E-state index contributed by atoms with van der Waals surface area (Å²) < 4.78 is 5.01. The van der Waals surface area contributed by atoms with Crippen LogP contribution in [-0.4, -0.2) is 29.8 Å². The molecule has 0 radical (unpaired) electrons. The van der Waals surface area contributed by atoms with E-state index in [4.69, 9.17) is 4.74 Å². The van der Waals surface area contributed by atoms with Gasteiger partial charge in [-0.15, -0.1) is 11.8 Å². The van der Waals surface area contributed by atoms with E-state index in [9.17, 15) is 14.9 Å². The maximum atomic E-state index is 11.9. The molecule has 1 aliphatic carbocycles.